The average molecular weight is 640 g/mol. The first-order chi connectivity index (χ1) is 22.8. The van der Waals surface area contributed by atoms with E-state index < -0.39 is 0 Å². The molecule has 1 aromatic rings. The van der Waals surface area contributed by atoms with Crippen LogP contribution in [0.15, 0.2) is 42.5 Å². The van der Waals surface area contributed by atoms with E-state index in [-0.39, 0.29) is 0 Å². The zero-order chi connectivity index (χ0) is 33.0. The van der Waals surface area contributed by atoms with Gasteiger partial charge in [-0.25, -0.2) is 0 Å². The van der Waals surface area contributed by atoms with Gasteiger partial charge < -0.3 is 15.2 Å². The molecule has 3 heteroatoms. The minimum absolute atomic E-state index is 0.528. The summed E-state index contributed by atoms with van der Waals surface area (Å²) in [6, 6.07) is 6.17. The summed E-state index contributed by atoms with van der Waals surface area (Å²) in [6.45, 7) is 6.61. The van der Waals surface area contributed by atoms with Crippen LogP contribution in [0.4, 0.5) is 0 Å². The first-order valence-electron chi connectivity index (χ1n) is 20.2. The maximum Gasteiger partial charge on any atom is 0.161 e. The van der Waals surface area contributed by atoms with Gasteiger partial charge in [-0.05, 0) is 81.9 Å². The number of nitrogens with two attached hydrogens (primary N) is 1. The van der Waals surface area contributed by atoms with Crippen LogP contribution in [0.1, 0.15) is 199 Å². The molecule has 266 valence electrons. The van der Waals surface area contributed by atoms with E-state index in [0.29, 0.717) is 6.54 Å². The summed E-state index contributed by atoms with van der Waals surface area (Å²) in [5.41, 5.74) is 7.00. The predicted molar refractivity (Wildman–Crippen MR) is 204 cm³/mol. The highest BCUT2D eigenvalue weighted by Crippen LogP contribution is 2.29. The zero-order valence-electron chi connectivity index (χ0n) is 30.9. The van der Waals surface area contributed by atoms with Gasteiger partial charge in [0.05, 0.1) is 13.2 Å². The molecule has 3 nitrogen and oxygen atoms in total. The Bertz CT molecular complexity index is 817. The van der Waals surface area contributed by atoms with Crippen LogP contribution in [0.5, 0.6) is 11.5 Å². The van der Waals surface area contributed by atoms with E-state index in [0.717, 1.165) is 43.1 Å². The quantitative estimate of drug-likeness (QED) is 0.0593. The van der Waals surface area contributed by atoms with Gasteiger partial charge in [-0.2, -0.15) is 0 Å². The third-order valence-electron chi connectivity index (χ3n) is 9.07. The number of hydrogen-bond acceptors (Lipinski definition) is 3. The van der Waals surface area contributed by atoms with E-state index in [2.05, 4.69) is 50.3 Å². The van der Waals surface area contributed by atoms with Crippen molar-refractivity contribution in [3.63, 3.8) is 0 Å². The third-order valence-corrected chi connectivity index (χ3v) is 9.07. The molecule has 0 saturated carbocycles. The largest absolute Gasteiger partial charge is 0.490 e. The molecule has 0 aromatic heterocycles. The van der Waals surface area contributed by atoms with Gasteiger partial charge in [-0.15, -0.1) is 0 Å². The maximum absolute atomic E-state index is 6.19. The second-order valence-corrected chi connectivity index (χ2v) is 13.6. The second kappa shape index (κ2) is 34.6. The molecule has 0 saturated heterocycles. The van der Waals surface area contributed by atoms with Gasteiger partial charge in [0.1, 0.15) is 0 Å². The Hall–Kier alpha value is -1.74. The summed E-state index contributed by atoms with van der Waals surface area (Å²) in [7, 11) is 0. The Morgan fingerprint density at radius 2 is 0.783 bits per heavy atom. The second-order valence-electron chi connectivity index (χ2n) is 13.6. The van der Waals surface area contributed by atoms with E-state index in [1.54, 1.807) is 0 Å². The lowest BCUT2D eigenvalue weighted by Crippen LogP contribution is -2.04. The lowest BCUT2D eigenvalue weighted by molar-refractivity contribution is 0.258. The summed E-state index contributed by atoms with van der Waals surface area (Å²) in [5, 5.41) is 0. The molecule has 0 bridgehead atoms. The lowest BCUT2D eigenvalue weighted by atomic mass is 10.1. The van der Waals surface area contributed by atoms with E-state index >= 15 is 0 Å². The van der Waals surface area contributed by atoms with Gasteiger partial charge >= 0.3 is 0 Å². The zero-order valence-corrected chi connectivity index (χ0v) is 30.9. The molecule has 0 amide bonds. The van der Waals surface area contributed by atoms with Crippen LogP contribution in [0.3, 0.4) is 0 Å². The first-order valence-corrected chi connectivity index (χ1v) is 20.2. The molecule has 0 atom stereocenters. The van der Waals surface area contributed by atoms with Crippen molar-refractivity contribution in [2.75, 3.05) is 13.2 Å². The van der Waals surface area contributed by atoms with Crippen molar-refractivity contribution < 1.29 is 9.47 Å². The van der Waals surface area contributed by atoms with Crippen molar-refractivity contribution in [2.24, 2.45) is 5.73 Å². The van der Waals surface area contributed by atoms with Gasteiger partial charge in [-0.1, -0.05) is 160 Å². The number of unbranched alkanes of at least 4 members (excludes halogenated alkanes) is 24. The van der Waals surface area contributed by atoms with Crippen molar-refractivity contribution in [3.05, 3.63) is 48.1 Å². The molecule has 0 fully saturated rings. The average Bonchev–Trinajstić information content (AvgIpc) is 3.07. The number of benzene rings is 1. The summed E-state index contributed by atoms with van der Waals surface area (Å²) >= 11 is 0. The number of hydrogen-bond donors (Lipinski definition) is 1. The first kappa shape index (κ1) is 42.3. The van der Waals surface area contributed by atoms with Crippen LogP contribution >= 0.6 is 0 Å². The lowest BCUT2D eigenvalue weighted by Gasteiger charge is -2.14. The topological polar surface area (TPSA) is 44.5 Å². The molecule has 0 radical (unpaired) electrons. The number of ether oxygens (including phenoxy) is 2. The Labute approximate surface area is 287 Å². The molecular weight excluding hydrogens is 562 g/mol. The summed E-state index contributed by atoms with van der Waals surface area (Å²) in [4.78, 5) is 0. The Kier molecular flexibility index (Phi) is 31.8. The molecule has 0 aliphatic heterocycles. The fourth-order valence-electron chi connectivity index (χ4n) is 5.97. The highest BCUT2D eigenvalue weighted by molar-refractivity contribution is 5.43. The molecule has 0 aliphatic rings. The standard InChI is InChI=1S/C43H77NO2/c1-3-5-7-9-11-13-15-17-19-21-23-25-27-29-31-33-37-45-42-36-35-41(40-44)39-43(42)46-38-34-32-30-28-26-24-22-20-18-16-14-12-10-8-6-4-2/h17-20,35-36,39H,3-16,21-34,37-38,40,44H2,1-2H3/b19-17-,20-18-. The van der Waals surface area contributed by atoms with Gasteiger partial charge in [0.15, 0.2) is 11.5 Å². The summed E-state index contributed by atoms with van der Waals surface area (Å²) in [5.74, 6) is 1.73. The molecule has 2 N–H and O–H groups in total. The fourth-order valence-corrected chi connectivity index (χ4v) is 5.97. The van der Waals surface area contributed by atoms with E-state index in [4.69, 9.17) is 15.2 Å². The van der Waals surface area contributed by atoms with Crippen molar-refractivity contribution >= 4 is 0 Å². The normalized spacial score (nSPS) is 11.7. The minimum Gasteiger partial charge on any atom is -0.490 e. The molecule has 1 aromatic carbocycles. The Balaban J connectivity index is 2.03. The fraction of sp³-hybridized carbons (Fsp3) is 0.767. The SMILES string of the molecule is CCCCCCCC/C=C\CCCCCCCCOc1ccc(CN)cc1OCCCCCCCC/C=C\CCCCCCCC. The number of rotatable bonds is 35. The van der Waals surface area contributed by atoms with Crippen LogP contribution in [-0.4, -0.2) is 13.2 Å². The minimum atomic E-state index is 0.528. The monoisotopic (exact) mass is 640 g/mol. The van der Waals surface area contributed by atoms with Gasteiger partial charge in [-0.3, -0.25) is 0 Å². The molecule has 0 aliphatic carbocycles. The number of allylic oxidation sites excluding steroid dienone is 4. The molecular formula is C43H77NO2. The van der Waals surface area contributed by atoms with Crippen LogP contribution < -0.4 is 15.2 Å². The van der Waals surface area contributed by atoms with Crippen molar-refractivity contribution in [1.82, 2.24) is 0 Å². The van der Waals surface area contributed by atoms with Crippen LogP contribution in [0.25, 0.3) is 0 Å². The van der Waals surface area contributed by atoms with Crippen LogP contribution in [-0.2, 0) is 6.54 Å². The summed E-state index contributed by atoms with van der Waals surface area (Å²) in [6.07, 6.45) is 46.6. The van der Waals surface area contributed by atoms with E-state index in [1.807, 2.05) is 6.07 Å². The molecule has 0 unspecified atom stereocenters. The molecule has 0 heterocycles. The van der Waals surface area contributed by atoms with Crippen LogP contribution in [0, 0.1) is 0 Å². The molecule has 0 spiro atoms. The molecule has 46 heavy (non-hydrogen) atoms. The van der Waals surface area contributed by atoms with Gasteiger partial charge in [0, 0.05) is 6.54 Å². The van der Waals surface area contributed by atoms with Crippen molar-refractivity contribution in [1.29, 1.82) is 0 Å². The Morgan fingerprint density at radius 1 is 0.435 bits per heavy atom. The smallest absolute Gasteiger partial charge is 0.161 e. The predicted octanol–water partition coefficient (Wildman–Crippen LogP) is 14.0. The van der Waals surface area contributed by atoms with Gasteiger partial charge in [0.25, 0.3) is 0 Å². The van der Waals surface area contributed by atoms with Crippen molar-refractivity contribution in [2.45, 2.75) is 200 Å². The molecule has 1 rings (SSSR count). The van der Waals surface area contributed by atoms with Gasteiger partial charge in [0.2, 0.25) is 0 Å². The van der Waals surface area contributed by atoms with Crippen LogP contribution in [0.2, 0.25) is 0 Å². The van der Waals surface area contributed by atoms with Crippen molar-refractivity contribution in [3.8, 4) is 11.5 Å². The summed E-state index contributed by atoms with van der Waals surface area (Å²) < 4.78 is 12.3. The Morgan fingerprint density at radius 3 is 1.17 bits per heavy atom. The third kappa shape index (κ3) is 27.4. The highest BCUT2D eigenvalue weighted by Gasteiger charge is 2.07. The van der Waals surface area contributed by atoms with E-state index in [1.165, 1.54) is 167 Å². The maximum atomic E-state index is 6.19. The highest BCUT2D eigenvalue weighted by atomic mass is 16.5. The van der Waals surface area contributed by atoms with E-state index in [9.17, 15) is 0 Å².